The molecule has 0 aliphatic rings. The molecule has 1 aromatic carbocycles. The van der Waals surface area contributed by atoms with E-state index in [1.165, 1.54) is 21.3 Å². The number of thiocarbonyl (C=S) groups is 1. The number of esters is 1. The van der Waals surface area contributed by atoms with E-state index in [0.717, 1.165) is 11.4 Å². The lowest BCUT2D eigenvalue weighted by atomic mass is 10.2. The van der Waals surface area contributed by atoms with Crippen LogP contribution in [0.2, 0.25) is 0 Å². The lowest BCUT2D eigenvalue weighted by Gasteiger charge is -2.16. The summed E-state index contributed by atoms with van der Waals surface area (Å²) >= 11 is 5.39. The number of aliphatic imine (C=N–C) groups is 1. The van der Waals surface area contributed by atoms with Crippen LogP contribution >= 0.6 is 12.2 Å². The summed E-state index contributed by atoms with van der Waals surface area (Å²) in [4.78, 5) is 24.7. The molecule has 0 fully saturated rings. The number of nitrogens with one attached hydrogen (secondary N) is 3. The molecule has 0 radical (unpaired) electrons. The molecule has 1 heterocycles. The number of aromatic nitrogens is 2. The fraction of sp³-hybridized carbons (Fsp3) is 0.350. The van der Waals surface area contributed by atoms with Gasteiger partial charge < -0.3 is 24.8 Å². The quantitative estimate of drug-likeness (QED) is 0.192. The van der Waals surface area contributed by atoms with E-state index in [1.807, 2.05) is 19.9 Å². The Balaban J connectivity index is 2.12. The van der Waals surface area contributed by atoms with Crippen LogP contribution in [0.4, 0.5) is 11.6 Å². The predicted octanol–water partition coefficient (Wildman–Crippen LogP) is 2.25. The molecular formula is C20H26N6O4S. The molecule has 0 spiro atoms. The van der Waals surface area contributed by atoms with Crippen molar-refractivity contribution >= 4 is 40.9 Å². The Morgan fingerprint density at radius 2 is 1.68 bits per heavy atom. The first-order valence-electron chi connectivity index (χ1n) is 9.30. The Hall–Kier alpha value is -3.15. The van der Waals surface area contributed by atoms with Crippen molar-refractivity contribution in [2.24, 2.45) is 4.99 Å². The first-order chi connectivity index (χ1) is 14.8. The second-order valence-corrected chi connectivity index (χ2v) is 6.75. The van der Waals surface area contributed by atoms with Gasteiger partial charge in [0.2, 0.25) is 11.9 Å². The molecule has 31 heavy (non-hydrogen) atoms. The molecule has 1 aromatic heterocycles. The molecule has 2 aromatic rings. The van der Waals surface area contributed by atoms with Crippen LogP contribution in [-0.4, -0.2) is 61.2 Å². The highest BCUT2D eigenvalue weighted by Crippen LogP contribution is 2.10. The van der Waals surface area contributed by atoms with Crippen molar-refractivity contribution in [1.29, 1.82) is 0 Å². The van der Waals surface area contributed by atoms with Gasteiger partial charge in [-0.25, -0.2) is 19.8 Å². The van der Waals surface area contributed by atoms with Gasteiger partial charge in [0, 0.05) is 31.3 Å². The van der Waals surface area contributed by atoms with Crippen molar-refractivity contribution in [3.63, 3.8) is 0 Å². The van der Waals surface area contributed by atoms with Crippen LogP contribution in [0.3, 0.4) is 0 Å². The second-order valence-electron chi connectivity index (χ2n) is 6.34. The number of ether oxygens (including phenoxy) is 3. The number of hydrogen-bond acceptors (Lipinski definition) is 8. The minimum Gasteiger partial charge on any atom is -0.465 e. The van der Waals surface area contributed by atoms with Crippen LogP contribution in [0, 0.1) is 13.8 Å². The molecule has 166 valence electrons. The summed E-state index contributed by atoms with van der Waals surface area (Å²) in [6.45, 7) is 3.96. The maximum absolute atomic E-state index is 11.6. The number of guanidine groups is 1. The van der Waals surface area contributed by atoms with E-state index in [-0.39, 0.29) is 11.7 Å². The van der Waals surface area contributed by atoms with Crippen molar-refractivity contribution in [2.45, 2.75) is 20.1 Å². The normalized spacial score (nSPS) is 11.2. The number of anilines is 2. The maximum atomic E-state index is 11.6. The fourth-order valence-corrected chi connectivity index (χ4v) is 2.70. The molecule has 0 aliphatic heterocycles. The molecule has 0 unspecified atom stereocenters. The van der Waals surface area contributed by atoms with Crippen molar-refractivity contribution in [3.8, 4) is 0 Å². The van der Waals surface area contributed by atoms with Gasteiger partial charge in [0.15, 0.2) is 11.4 Å². The molecule has 10 nitrogen and oxygen atoms in total. The molecular weight excluding hydrogens is 420 g/mol. The van der Waals surface area contributed by atoms with Gasteiger partial charge in [0.25, 0.3) is 0 Å². The van der Waals surface area contributed by atoms with Crippen molar-refractivity contribution in [2.75, 3.05) is 38.5 Å². The Bertz CT molecular complexity index is 912. The van der Waals surface area contributed by atoms with E-state index in [1.54, 1.807) is 24.3 Å². The largest absolute Gasteiger partial charge is 0.465 e. The summed E-state index contributed by atoms with van der Waals surface area (Å²) in [6.07, 6.45) is -0.522. The zero-order chi connectivity index (χ0) is 22.8. The molecule has 0 atom stereocenters. The Morgan fingerprint density at radius 1 is 1.06 bits per heavy atom. The predicted molar refractivity (Wildman–Crippen MR) is 122 cm³/mol. The third-order valence-corrected chi connectivity index (χ3v) is 4.14. The highest BCUT2D eigenvalue weighted by Gasteiger charge is 2.10. The monoisotopic (exact) mass is 446 g/mol. The Labute approximate surface area is 186 Å². The lowest BCUT2D eigenvalue weighted by molar-refractivity contribution is -0.0937. The van der Waals surface area contributed by atoms with Crippen molar-refractivity contribution in [3.05, 3.63) is 47.3 Å². The lowest BCUT2D eigenvalue weighted by Crippen LogP contribution is -2.40. The van der Waals surface area contributed by atoms with E-state index in [9.17, 15) is 4.79 Å². The van der Waals surface area contributed by atoms with E-state index < -0.39 is 12.3 Å². The van der Waals surface area contributed by atoms with Gasteiger partial charge >= 0.3 is 5.97 Å². The van der Waals surface area contributed by atoms with Crippen LogP contribution in [0.15, 0.2) is 35.3 Å². The van der Waals surface area contributed by atoms with Gasteiger partial charge in [0.05, 0.1) is 19.2 Å². The number of benzene rings is 1. The van der Waals surface area contributed by atoms with E-state index in [4.69, 9.17) is 26.4 Å². The van der Waals surface area contributed by atoms with Gasteiger partial charge in [-0.3, -0.25) is 5.32 Å². The van der Waals surface area contributed by atoms with Gasteiger partial charge in [-0.15, -0.1) is 0 Å². The summed E-state index contributed by atoms with van der Waals surface area (Å²) in [7, 11) is 4.39. The third-order valence-electron chi connectivity index (χ3n) is 3.93. The van der Waals surface area contributed by atoms with Gasteiger partial charge in [0.1, 0.15) is 0 Å². The molecule has 0 saturated carbocycles. The average molecular weight is 447 g/mol. The van der Waals surface area contributed by atoms with Gasteiger partial charge in [-0.2, -0.15) is 0 Å². The number of aryl methyl sites for hydroxylation is 2. The summed E-state index contributed by atoms with van der Waals surface area (Å²) in [6, 6.07) is 8.56. The Morgan fingerprint density at radius 3 is 2.23 bits per heavy atom. The molecule has 0 amide bonds. The molecule has 2 rings (SSSR count). The highest BCUT2D eigenvalue weighted by atomic mass is 32.1. The topological polar surface area (TPSA) is 119 Å². The number of methoxy groups -OCH3 is 3. The average Bonchev–Trinajstić information content (AvgIpc) is 2.73. The fourth-order valence-electron chi connectivity index (χ4n) is 2.49. The highest BCUT2D eigenvalue weighted by molar-refractivity contribution is 7.80. The third kappa shape index (κ3) is 7.89. The number of rotatable bonds is 7. The van der Waals surface area contributed by atoms with Crippen LogP contribution in [0.25, 0.3) is 0 Å². The number of nitrogens with zero attached hydrogens (tertiary/aromatic N) is 3. The van der Waals surface area contributed by atoms with Crippen LogP contribution < -0.4 is 16.0 Å². The molecule has 0 bridgehead atoms. The minimum absolute atomic E-state index is 0.212. The minimum atomic E-state index is -0.522. The van der Waals surface area contributed by atoms with Gasteiger partial charge in [-0.05, 0) is 56.4 Å². The zero-order valence-corrected chi connectivity index (χ0v) is 18.9. The van der Waals surface area contributed by atoms with Crippen molar-refractivity contribution < 1.29 is 19.0 Å². The molecule has 3 N–H and O–H groups in total. The molecule has 11 heteroatoms. The SMILES string of the molecule is COC(=O)c1ccc(NC(=S)NC(=NCC(OC)OC)Nc2nc(C)cc(C)n2)cc1. The second kappa shape index (κ2) is 11.9. The standard InChI is InChI=1S/C20H26N6O4S/c1-12-10-13(2)23-19(22-12)25-18(21-11-16(28-3)29-4)26-20(31)24-15-8-6-14(7-9-15)17(27)30-5/h6-10,16H,11H2,1-5H3,(H3,21,22,23,24,25,26,31). The number of hydrogen-bond donors (Lipinski definition) is 3. The van der Waals surface area contributed by atoms with Crippen LogP contribution in [-0.2, 0) is 14.2 Å². The van der Waals surface area contributed by atoms with E-state index in [2.05, 4.69) is 30.9 Å². The van der Waals surface area contributed by atoms with Crippen LogP contribution in [0.1, 0.15) is 21.7 Å². The van der Waals surface area contributed by atoms with Crippen LogP contribution in [0.5, 0.6) is 0 Å². The first-order valence-corrected chi connectivity index (χ1v) is 9.71. The molecule has 0 saturated heterocycles. The first kappa shape index (κ1) is 24.1. The summed E-state index contributed by atoms with van der Waals surface area (Å²) < 4.78 is 15.0. The van der Waals surface area contributed by atoms with E-state index in [0.29, 0.717) is 23.2 Å². The van der Waals surface area contributed by atoms with E-state index >= 15 is 0 Å². The van der Waals surface area contributed by atoms with Gasteiger partial charge in [-0.1, -0.05) is 0 Å². The smallest absolute Gasteiger partial charge is 0.337 e. The summed E-state index contributed by atoms with van der Waals surface area (Å²) in [5.41, 5.74) is 2.74. The number of carbonyl (C=O) groups excluding carboxylic acids is 1. The summed E-state index contributed by atoms with van der Waals surface area (Å²) in [5, 5.41) is 9.31. The van der Waals surface area contributed by atoms with Crippen molar-refractivity contribution in [1.82, 2.24) is 15.3 Å². The zero-order valence-electron chi connectivity index (χ0n) is 18.1. The summed E-state index contributed by atoms with van der Waals surface area (Å²) in [5.74, 6) is 0.276. The Kier molecular flexibility index (Phi) is 9.25. The maximum Gasteiger partial charge on any atom is 0.337 e. The molecule has 0 aliphatic carbocycles. The number of carbonyl (C=O) groups is 1.